The van der Waals surface area contributed by atoms with Crippen molar-refractivity contribution in [1.29, 1.82) is 0 Å². The van der Waals surface area contributed by atoms with Crippen molar-refractivity contribution in [3.63, 3.8) is 0 Å². The second kappa shape index (κ2) is 9.28. The highest BCUT2D eigenvalue weighted by atomic mass is 35.5. The summed E-state index contributed by atoms with van der Waals surface area (Å²) in [6, 6.07) is 7.44. The summed E-state index contributed by atoms with van der Waals surface area (Å²) in [5.74, 6) is 0. The normalized spacial score (nSPS) is 14.3. The van der Waals surface area contributed by atoms with Gasteiger partial charge >= 0.3 is 0 Å². The summed E-state index contributed by atoms with van der Waals surface area (Å²) in [4.78, 5) is 0. The third-order valence-electron chi connectivity index (χ3n) is 2.63. The van der Waals surface area contributed by atoms with Crippen LogP contribution < -0.4 is 5.73 Å². The molecular formula is C14H22ClNO3. The van der Waals surface area contributed by atoms with Gasteiger partial charge in [0, 0.05) is 18.2 Å². The van der Waals surface area contributed by atoms with Crippen molar-refractivity contribution in [2.75, 3.05) is 33.5 Å². The smallest absolute Gasteiger partial charge is 0.0974 e. The van der Waals surface area contributed by atoms with E-state index in [0.717, 1.165) is 5.56 Å². The van der Waals surface area contributed by atoms with E-state index in [0.29, 0.717) is 31.5 Å². The highest BCUT2D eigenvalue weighted by molar-refractivity contribution is 6.30. The lowest BCUT2D eigenvalue weighted by Gasteiger charge is -2.22. The van der Waals surface area contributed by atoms with Crippen molar-refractivity contribution in [3.05, 3.63) is 34.9 Å². The van der Waals surface area contributed by atoms with Crippen molar-refractivity contribution < 1.29 is 14.2 Å². The fraction of sp³-hybridized carbons (Fsp3) is 0.571. The minimum atomic E-state index is -0.150. The minimum absolute atomic E-state index is 0.0971. The number of rotatable bonds is 9. The van der Waals surface area contributed by atoms with Gasteiger partial charge in [-0.15, -0.1) is 0 Å². The Hall–Kier alpha value is -0.650. The molecule has 0 saturated carbocycles. The molecule has 0 fully saturated rings. The van der Waals surface area contributed by atoms with Gasteiger partial charge in [-0.2, -0.15) is 0 Å². The maximum absolute atomic E-state index is 5.95. The monoisotopic (exact) mass is 287 g/mol. The van der Waals surface area contributed by atoms with Crippen molar-refractivity contribution in [3.8, 4) is 0 Å². The average molecular weight is 288 g/mol. The molecule has 0 heterocycles. The van der Waals surface area contributed by atoms with Crippen LogP contribution in [0.5, 0.6) is 0 Å². The molecule has 1 rings (SSSR count). The molecule has 108 valence electrons. The summed E-state index contributed by atoms with van der Waals surface area (Å²) in [6.07, 6.45) is -0.150. The van der Waals surface area contributed by atoms with Crippen LogP contribution in [0.3, 0.4) is 0 Å². The van der Waals surface area contributed by atoms with Crippen LogP contribution in [0.2, 0.25) is 5.02 Å². The van der Waals surface area contributed by atoms with E-state index < -0.39 is 0 Å². The second-order valence-corrected chi connectivity index (χ2v) is 4.74. The molecule has 0 saturated heterocycles. The van der Waals surface area contributed by atoms with Gasteiger partial charge in [0.05, 0.1) is 32.5 Å². The van der Waals surface area contributed by atoms with E-state index in [2.05, 4.69) is 0 Å². The first-order valence-electron chi connectivity index (χ1n) is 6.34. The molecule has 2 N–H and O–H groups in total. The molecule has 0 radical (unpaired) electrons. The highest BCUT2D eigenvalue weighted by Gasteiger charge is 2.16. The molecule has 0 amide bonds. The summed E-state index contributed by atoms with van der Waals surface area (Å²) < 4.78 is 16.0. The first-order chi connectivity index (χ1) is 9.15. The van der Waals surface area contributed by atoms with Crippen LogP contribution >= 0.6 is 11.6 Å². The van der Waals surface area contributed by atoms with Gasteiger partial charge in [0.25, 0.3) is 0 Å². The minimum Gasteiger partial charge on any atom is -0.382 e. The zero-order chi connectivity index (χ0) is 14.1. The molecule has 19 heavy (non-hydrogen) atoms. The van der Waals surface area contributed by atoms with Gasteiger partial charge < -0.3 is 19.9 Å². The molecule has 0 aliphatic carbocycles. The van der Waals surface area contributed by atoms with E-state index in [1.54, 1.807) is 7.11 Å². The molecule has 4 nitrogen and oxygen atoms in total. The Labute approximate surface area is 119 Å². The predicted octanol–water partition coefficient (Wildman–Crippen LogP) is 2.41. The van der Waals surface area contributed by atoms with Gasteiger partial charge in [0.1, 0.15) is 0 Å². The van der Waals surface area contributed by atoms with Gasteiger partial charge in [-0.3, -0.25) is 0 Å². The van der Waals surface area contributed by atoms with Crippen molar-refractivity contribution in [1.82, 2.24) is 0 Å². The number of hydrogen-bond acceptors (Lipinski definition) is 4. The number of halogens is 1. The van der Waals surface area contributed by atoms with Crippen LogP contribution in [0, 0.1) is 0 Å². The summed E-state index contributed by atoms with van der Waals surface area (Å²) in [5, 5.41) is 0.704. The fourth-order valence-corrected chi connectivity index (χ4v) is 1.81. The third kappa shape index (κ3) is 6.36. The van der Waals surface area contributed by atoms with Gasteiger partial charge in [-0.25, -0.2) is 0 Å². The molecule has 0 spiro atoms. The Kier molecular flexibility index (Phi) is 8.02. The van der Waals surface area contributed by atoms with Crippen LogP contribution in [0.1, 0.15) is 18.6 Å². The van der Waals surface area contributed by atoms with E-state index in [-0.39, 0.29) is 12.1 Å². The lowest BCUT2D eigenvalue weighted by molar-refractivity contribution is -0.0141. The van der Waals surface area contributed by atoms with Crippen molar-refractivity contribution >= 4 is 11.6 Å². The van der Waals surface area contributed by atoms with Crippen LogP contribution in [0.15, 0.2) is 24.3 Å². The Morgan fingerprint density at radius 2 is 1.74 bits per heavy atom. The first kappa shape index (κ1) is 16.4. The maximum atomic E-state index is 5.95. The first-order valence-corrected chi connectivity index (χ1v) is 6.72. The maximum Gasteiger partial charge on any atom is 0.0974 e. The van der Waals surface area contributed by atoms with Crippen molar-refractivity contribution in [2.24, 2.45) is 5.73 Å². The van der Waals surface area contributed by atoms with Crippen LogP contribution in [-0.2, 0) is 14.2 Å². The number of methoxy groups -OCH3 is 1. The number of nitrogens with two attached hydrogens (primary N) is 1. The molecule has 2 atom stereocenters. The Bertz CT molecular complexity index is 343. The zero-order valence-electron chi connectivity index (χ0n) is 11.5. The number of ether oxygens (including phenoxy) is 3. The molecule has 0 aliphatic heterocycles. The fourth-order valence-electron chi connectivity index (χ4n) is 1.68. The van der Waals surface area contributed by atoms with Crippen LogP contribution in [0.4, 0.5) is 0 Å². The molecule has 1 aromatic carbocycles. The molecule has 1 aromatic rings. The molecular weight excluding hydrogens is 266 g/mol. The highest BCUT2D eigenvalue weighted by Crippen LogP contribution is 2.22. The van der Waals surface area contributed by atoms with E-state index in [4.69, 9.17) is 31.5 Å². The second-order valence-electron chi connectivity index (χ2n) is 4.31. The van der Waals surface area contributed by atoms with Crippen LogP contribution in [0.25, 0.3) is 0 Å². The van der Waals surface area contributed by atoms with Gasteiger partial charge in [-0.1, -0.05) is 23.7 Å². The topological polar surface area (TPSA) is 53.7 Å². The summed E-state index contributed by atoms with van der Waals surface area (Å²) in [7, 11) is 1.65. The molecule has 0 bridgehead atoms. The third-order valence-corrected chi connectivity index (χ3v) is 2.88. The summed E-state index contributed by atoms with van der Waals surface area (Å²) in [5.41, 5.74) is 6.97. The van der Waals surface area contributed by atoms with E-state index in [1.807, 2.05) is 31.2 Å². The molecule has 0 aromatic heterocycles. The zero-order valence-corrected chi connectivity index (χ0v) is 12.2. The predicted molar refractivity (Wildman–Crippen MR) is 76.5 cm³/mol. The number of hydrogen-bond donors (Lipinski definition) is 1. The Balaban J connectivity index is 2.39. The average Bonchev–Trinajstić information content (AvgIpc) is 2.39. The Morgan fingerprint density at radius 3 is 2.32 bits per heavy atom. The SMILES string of the molecule is COCCOCCOC(c1ccc(Cl)cc1)C(C)N. The molecule has 5 heteroatoms. The van der Waals surface area contributed by atoms with Gasteiger partial charge in [0.2, 0.25) is 0 Å². The van der Waals surface area contributed by atoms with E-state index in [9.17, 15) is 0 Å². The van der Waals surface area contributed by atoms with E-state index >= 15 is 0 Å². The van der Waals surface area contributed by atoms with Crippen molar-refractivity contribution in [2.45, 2.75) is 19.1 Å². The standard InChI is InChI=1S/C14H22ClNO3/c1-11(16)14(12-3-5-13(15)6-4-12)19-10-9-18-8-7-17-2/h3-6,11,14H,7-10,16H2,1-2H3. The Morgan fingerprint density at radius 1 is 1.11 bits per heavy atom. The molecule has 0 aliphatic rings. The quantitative estimate of drug-likeness (QED) is 0.709. The largest absolute Gasteiger partial charge is 0.382 e. The lowest BCUT2D eigenvalue weighted by Crippen LogP contribution is -2.28. The van der Waals surface area contributed by atoms with Gasteiger partial charge in [-0.05, 0) is 24.6 Å². The summed E-state index contributed by atoms with van der Waals surface area (Å²) in [6.45, 7) is 4.11. The molecule has 2 unspecified atom stereocenters. The van der Waals surface area contributed by atoms with Gasteiger partial charge in [0.15, 0.2) is 0 Å². The number of benzene rings is 1. The lowest BCUT2D eigenvalue weighted by atomic mass is 10.0. The van der Waals surface area contributed by atoms with E-state index in [1.165, 1.54) is 0 Å². The van der Waals surface area contributed by atoms with Crippen LogP contribution in [-0.4, -0.2) is 39.6 Å². The summed E-state index contributed by atoms with van der Waals surface area (Å²) >= 11 is 5.87.